The summed E-state index contributed by atoms with van der Waals surface area (Å²) in [4.78, 5) is 10.4. The summed E-state index contributed by atoms with van der Waals surface area (Å²) in [6.45, 7) is 3.14. The Morgan fingerprint density at radius 1 is 1.44 bits per heavy atom. The number of piperidine rings is 1. The maximum absolute atomic E-state index is 11.5. The summed E-state index contributed by atoms with van der Waals surface area (Å²) in [5.41, 5.74) is 0. The third-order valence-corrected chi connectivity index (χ3v) is 4.44. The Morgan fingerprint density at radius 3 is 2.83 bits per heavy atom. The lowest BCUT2D eigenvalue weighted by molar-refractivity contribution is 0.462. The molecule has 1 N–H and O–H groups in total. The third-order valence-electron chi connectivity index (χ3n) is 2.98. The van der Waals surface area contributed by atoms with Gasteiger partial charge >= 0.3 is 0 Å². The van der Waals surface area contributed by atoms with Crippen LogP contribution in [0.15, 0.2) is 18.5 Å². The molecular weight excluding hydrogens is 252 g/mol. The van der Waals surface area contributed by atoms with Crippen molar-refractivity contribution in [3.63, 3.8) is 0 Å². The molecule has 0 radical (unpaired) electrons. The summed E-state index contributed by atoms with van der Waals surface area (Å²) < 4.78 is 25.8. The molecule has 0 aromatic carbocycles. The van der Waals surface area contributed by atoms with Gasteiger partial charge in [0.15, 0.2) is 0 Å². The number of sulfonamides is 1. The smallest absolute Gasteiger partial charge is 0.225 e. The number of nitrogens with zero attached hydrogens (tertiary/aromatic N) is 3. The highest BCUT2D eigenvalue weighted by Crippen LogP contribution is 2.15. The number of anilines is 1. The molecule has 7 heteroatoms. The van der Waals surface area contributed by atoms with Crippen molar-refractivity contribution in [2.75, 3.05) is 23.7 Å². The van der Waals surface area contributed by atoms with Gasteiger partial charge in [-0.2, -0.15) is 0 Å². The van der Waals surface area contributed by atoms with Crippen molar-refractivity contribution in [3.8, 4) is 0 Å². The maximum Gasteiger partial charge on any atom is 0.225 e. The Morgan fingerprint density at radius 2 is 2.17 bits per heavy atom. The van der Waals surface area contributed by atoms with E-state index in [4.69, 9.17) is 0 Å². The van der Waals surface area contributed by atoms with E-state index in [1.54, 1.807) is 25.4 Å². The molecule has 1 atom stereocenters. The monoisotopic (exact) mass is 270 g/mol. The van der Waals surface area contributed by atoms with Gasteiger partial charge in [-0.1, -0.05) is 0 Å². The molecule has 1 aromatic rings. The molecule has 2 rings (SSSR count). The summed E-state index contributed by atoms with van der Waals surface area (Å²) in [5, 5.41) is 0. The minimum atomic E-state index is -3.14. The highest BCUT2D eigenvalue weighted by Gasteiger charge is 2.24. The molecule has 1 unspecified atom stereocenters. The Bertz CT molecular complexity index is 477. The predicted molar refractivity (Wildman–Crippen MR) is 69.9 cm³/mol. The zero-order valence-electron chi connectivity index (χ0n) is 10.4. The lowest BCUT2D eigenvalue weighted by Crippen LogP contribution is -2.48. The molecule has 1 aromatic heterocycles. The van der Waals surface area contributed by atoms with E-state index in [0.29, 0.717) is 12.5 Å². The first-order chi connectivity index (χ1) is 8.61. The third kappa shape index (κ3) is 3.39. The average molecular weight is 270 g/mol. The molecule has 1 fully saturated rings. The SMILES string of the molecule is CCS(=O)(=O)NC1CCCN(c2ncccn2)C1. The molecule has 1 aliphatic heterocycles. The van der Waals surface area contributed by atoms with Crippen LogP contribution in [0.4, 0.5) is 5.95 Å². The molecule has 1 saturated heterocycles. The lowest BCUT2D eigenvalue weighted by atomic mass is 10.1. The number of hydrogen-bond donors (Lipinski definition) is 1. The maximum atomic E-state index is 11.5. The van der Waals surface area contributed by atoms with Gasteiger partial charge in [0.1, 0.15) is 0 Å². The minimum Gasteiger partial charge on any atom is -0.339 e. The van der Waals surface area contributed by atoms with E-state index < -0.39 is 10.0 Å². The Hall–Kier alpha value is -1.21. The molecule has 100 valence electrons. The molecule has 1 aliphatic rings. The van der Waals surface area contributed by atoms with Gasteiger partial charge in [0, 0.05) is 31.5 Å². The van der Waals surface area contributed by atoms with E-state index in [0.717, 1.165) is 19.4 Å². The van der Waals surface area contributed by atoms with Crippen molar-refractivity contribution in [3.05, 3.63) is 18.5 Å². The molecule has 0 amide bonds. The Labute approximate surface area is 107 Å². The second-order valence-corrected chi connectivity index (χ2v) is 6.40. The quantitative estimate of drug-likeness (QED) is 0.856. The van der Waals surface area contributed by atoms with Crippen LogP contribution in [0.1, 0.15) is 19.8 Å². The first kappa shape index (κ1) is 13.2. The molecule has 0 saturated carbocycles. The molecule has 18 heavy (non-hydrogen) atoms. The van der Waals surface area contributed by atoms with E-state index in [2.05, 4.69) is 14.7 Å². The van der Waals surface area contributed by atoms with Crippen molar-refractivity contribution >= 4 is 16.0 Å². The van der Waals surface area contributed by atoms with E-state index in [1.807, 2.05) is 4.90 Å². The fourth-order valence-electron chi connectivity index (χ4n) is 2.05. The summed E-state index contributed by atoms with van der Waals surface area (Å²) in [6, 6.07) is 1.72. The summed E-state index contributed by atoms with van der Waals surface area (Å²) >= 11 is 0. The molecule has 6 nitrogen and oxygen atoms in total. The molecule has 0 aliphatic carbocycles. The van der Waals surface area contributed by atoms with Gasteiger partial charge < -0.3 is 4.90 Å². The van der Waals surface area contributed by atoms with Gasteiger partial charge in [0.25, 0.3) is 0 Å². The molecule has 0 bridgehead atoms. The summed E-state index contributed by atoms with van der Waals surface area (Å²) in [7, 11) is -3.14. The van der Waals surface area contributed by atoms with E-state index >= 15 is 0 Å². The predicted octanol–water partition coefficient (Wildman–Crippen LogP) is 0.385. The van der Waals surface area contributed by atoms with Crippen molar-refractivity contribution in [1.29, 1.82) is 0 Å². The Kier molecular flexibility index (Phi) is 4.13. The highest BCUT2D eigenvalue weighted by atomic mass is 32.2. The van der Waals surface area contributed by atoms with Crippen LogP contribution in [0.3, 0.4) is 0 Å². The van der Waals surface area contributed by atoms with E-state index in [1.165, 1.54) is 0 Å². The van der Waals surface area contributed by atoms with Gasteiger partial charge in [-0.25, -0.2) is 23.1 Å². The van der Waals surface area contributed by atoms with Crippen LogP contribution >= 0.6 is 0 Å². The zero-order chi connectivity index (χ0) is 13.0. The normalized spacial score (nSPS) is 20.9. The van der Waals surface area contributed by atoms with Crippen molar-refractivity contribution < 1.29 is 8.42 Å². The Balaban J connectivity index is 2.01. The average Bonchev–Trinajstić information content (AvgIpc) is 2.40. The largest absolute Gasteiger partial charge is 0.339 e. The first-order valence-corrected chi connectivity index (χ1v) is 7.78. The van der Waals surface area contributed by atoms with Gasteiger partial charge in [-0.05, 0) is 25.8 Å². The van der Waals surface area contributed by atoms with Gasteiger partial charge in [-0.3, -0.25) is 0 Å². The highest BCUT2D eigenvalue weighted by molar-refractivity contribution is 7.89. The molecule has 0 spiro atoms. The first-order valence-electron chi connectivity index (χ1n) is 6.12. The van der Waals surface area contributed by atoms with E-state index in [-0.39, 0.29) is 11.8 Å². The number of aromatic nitrogens is 2. The van der Waals surface area contributed by atoms with Crippen LogP contribution in [0.2, 0.25) is 0 Å². The van der Waals surface area contributed by atoms with Gasteiger partial charge in [0.2, 0.25) is 16.0 Å². The van der Waals surface area contributed by atoms with E-state index in [9.17, 15) is 8.42 Å². The van der Waals surface area contributed by atoms with Gasteiger partial charge in [0.05, 0.1) is 5.75 Å². The zero-order valence-corrected chi connectivity index (χ0v) is 11.2. The van der Waals surface area contributed by atoms with Crippen LogP contribution in [0.25, 0.3) is 0 Å². The fourth-order valence-corrected chi connectivity index (χ4v) is 2.91. The minimum absolute atomic E-state index is 0.0486. The topological polar surface area (TPSA) is 75.2 Å². The van der Waals surface area contributed by atoms with Crippen LogP contribution < -0.4 is 9.62 Å². The van der Waals surface area contributed by atoms with Crippen LogP contribution in [-0.4, -0.2) is 43.3 Å². The summed E-state index contributed by atoms with van der Waals surface area (Å²) in [6.07, 6.45) is 5.20. The second kappa shape index (κ2) is 5.62. The number of nitrogens with one attached hydrogen (secondary N) is 1. The summed E-state index contributed by atoms with van der Waals surface area (Å²) in [5.74, 6) is 0.781. The van der Waals surface area contributed by atoms with Crippen LogP contribution in [0, 0.1) is 0 Å². The number of hydrogen-bond acceptors (Lipinski definition) is 5. The fraction of sp³-hybridized carbons (Fsp3) is 0.636. The lowest BCUT2D eigenvalue weighted by Gasteiger charge is -2.32. The molecular formula is C11H18N4O2S. The molecule has 2 heterocycles. The number of rotatable bonds is 4. The van der Waals surface area contributed by atoms with Crippen molar-refractivity contribution in [2.24, 2.45) is 0 Å². The second-order valence-electron chi connectivity index (χ2n) is 4.36. The van der Waals surface area contributed by atoms with Crippen molar-refractivity contribution in [1.82, 2.24) is 14.7 Å². The standard InChI is InChI=1S/C11H18N4O2S/c1-2-18(16,17)14-10-5-3-8-15(9-10)11-12-6-4-7-13-11/h4,6-7,10,14H,2-3,5,8-9H2,1H3. The van der Waals surface area contributed by atoms with Gasteiger partial charge in [-0.15, -0.1) is 0 Å². The van der Waals surface area contributed by atoms with Crippen LogP contribution in [0.5, 0.6) is 0 Å². The van der Waals surface area contributed by atoms with Crippen LogP contribution in [-0.2, 0) is 10.0 Å². The van der Waals surface area contributed by atoms with Crippen molar-refractivity contribution in [2.45, 2.75) is 25.8 Å².